The predicted octanol–water partition coefficient (Wildman–Crippen LogP) is 3.04. The number of furan rings is 1. The molecule has 1 aliphatic rings. The van der Waals surface area contributed by atoms with Gasteiger partial charge in [0.25, 0.3) is 0 Å². The van der Waals surface area contributed by atoms with Crippen molar-refractivity contribution in [3.8, 4) is 11.5 Å². The molecular formula is C18H25ClN2O3. The maximum Gasteiger partial charge on any atom is 0.122 e. The fourth-order valence-electron chi connectivity index (χ4n) is 2.94. The van der Waals surface area contributed by atoms with E-state index < -0.39 is 0 Å². The molecule has 6 heteroatoms. The zero-order valence-electron chi connectivity index (χ0n) is 14.2. The molecule has 1 saturated heterocycles. The van der Waals surface area contributed by atoms with Crippen molar-refractivity contribution in [3.63, 3.8) is 0 Å². The third-order valence-electron chi connectivity index (χ3n) is 4.24. The van der Waals surface area contributed by atoms with E-state index in [9.17, 15) is 0 Å². The van der Waals surface area contributed by atoms with Gasteiger partial charge in [0.1, 0.15) is 17.3 Å². The molecule has 0 N–H and O–H groups in total. The first-order valence-corrected chi connectivity index (χ1v) is 7.96. The standard InChI is InChI=1S/C18H24N2O3.ClH/c1-21-17-10-15(11-18(12-17)22-2)13-19-5-7-20(8-6-19)14-16-4-3-9-23-16;/h3-4,9-12H,5-8,13-14H2,1-2H3;1H. The summed E-state index contributed by atoms with van der Waals surface area (Å²) in [6, 6.07) is 10.1. The van der Waals surface area contributed by atoms with Crippen LogP contribution < -0.4 is 9.47 Å². The first kappa shape index (κ1) is 18.6. The molecular weight excluding hydrogens is 328 g/mol. The SMILES string of the molecule is COc1cc(CN2CCN(Cc3ccco3)CC2)cc(OC)c1.Cl. The average molecular weight is 353 g/mol. The molecule has 1 aromatic heterocycles. The van der Waals surface area contributed by atoms with Crippen LogP contribution in [0.15, 0.2) is 41.0 Å². The lowest BCUT2D eigenvalue weighted by atomic mass is 10.1. The molecule has 0 unspecified atom stereocenters. The second-order valence-corrected chi connectivity index (χ2v) is 5.85. The molecule has 24 heavy (non-hydrogen) atoms. The molecule has 0 saturated carbocycles. The molecule has 0 bridgehead atoms. The Bertz CT molecular complexity index is 588. The van der Waals surface area contributed by atoms with Gasteiger partial charge in [-0.2, -0.15) is 0 Å². The van der Waals surface area contributed by atoms with Gasteiger partial charge in [0, 0.05) is 38.8 Å². The van der Waals surface area contributed by atoms with E-state index in [1.54, 1.807) is 20.5 Å². The molecule has 0 aliphatic carbocycles. The van der Waals surface area contributed by atoms with Gasteiger partial charge >= 0.3 is 0 Å². The average Bonchev–Trinajstić information content (AvgIpc) is 3.09. The number of ether oxygens (including phenoxy) is 2. The minimum Gasteiger partial charge on any atom is -0.497 e. The molecule has 1 aliphatic heterocycles. The van der Waals surface area contributed by atoms with Gasteiger partial charge in [-0.05, 0) is 29.8 Å². The third-order valence-corrected chi connectivity index (χ3v) is 4.24. The topological polar surface area (TPSA) is 38.1 Å². The van der Waals surface area contributed by atoms with Gasteiger partial charge in [-0.25, -0.2) is 0 Å². The Hall–Kier alpha value is -1.69. The number of rotatable bonds is 6. The van der Waals surface area contributed by atoms with E-state index in [4.69, 9.17) is 13.9 Å². The highest BCUT2D eigenvalue weighted by atomic mass is 35.5. The van der Waals surface area contributed by atoms with Crippen LogP contribution in [0.1, 0.15) is 11.3 Å². The molecule has 3 rings (SSSR count). The molecule has 1 aromatic carbocycles. The van der Waals surface area contributed by atoms with Gasteiger partial charge in [0.15, 0.2) is 0 Å². The van der Waals surface area contributed by atoms with Crippen LogP contribution >= 0.6 is 12.4 Å². The lowest BCUT2D eigenvalue weighted by Gasteiger charge is -2.34. The number of benzene rings is 1. The fourth-order valence-corrected chi connectivity index (χ4v) is 2.94. The molecule has 5 nitrogen and oxygen atoms in total. The number of nitrogens with zero attached hydrogens (tertiary/aromatic N) is 2. The molecule has 2 heterocycles. The van der Waals surface area contributed by atoms with E-state index in [2.05, 4.69) is 21.9 Å². The van der Waals surface area contributed by atoms with Crippen LogP contribution in [0.5, 0.6) is 11.5 Å². The highest BCUT2D eigenvalue weighted by Crippen LogP contribution is 2.23. The first-order valence-electron chi connectivity index (χ1n) is 7.96. The van der Waals surface area contributed by atoms with Gasteiger partial charge in [0.05, 0.1) is 27.0 Å². The summed E-state index contributed by atoms with van der Waals surface area (Å²) in [5, 5.41) is 0. The molecule has 0 atom stereocenters. The minimum atomic E-state index is 0. The minimum absolute atomic E-state index is 0. The van der Waals surface area contributed by atoms with Crippen LogP contribution in [0, 0.1) is 0 Å². The van der Waals surface area contributed by atoms with Crippen LogP contribution in [-0.4, -0.2) is 50.2 Å². The Morgan fingerprint density at radius 1 is 0.917 bits per heavy atom. The lowest BCUT2D eigenvalue weighted by Crippen LogP contribution is -2.45. The Morgan fingerprint density at radius 3 is 2.00 bits per heavy atom. The van der Waals surface area contributed by atoms with E-state index in [0.717, 1.165) is 56.5 Å². The van der Waals surface area contributed by atoms with E-state index in [-0.39, 0.29) is 12.4 Å². The zero-order valence-corrected chi connectivity index (χ0v) is 15.1. The van der Waals surface area contributed by atoms with E-state index in [1.807, 2.05) is 18.2 Å². The molecule has 0 amide bonds. The zero-order chi connectivity index (χ0) is 16.1. The molecule has 0 spiro atoms. The van der Waals surface area contributed by atoms with Crippen LogP contribution in [0.25, 0.3) is 0 Å². The van der Waals surface area contributed by atoms with Gasteiger partial charge < -0.3 is 13.9 Å². The van der Waals surface area contributed by atoms with Crippen molar-refractivity contribution in [2.45, 2.75) is 13.1 Å². The Morgan fingerprint density at radius 2 is 1.50 bits per heavy atom. The van der Waals surface area contributed by atoms with Gasteiger partial charge in [-0.3, -0.25) is 9.80 Å². The van der Waals surface area contributed by atoms with E-state index >= 15 is 0 Å². The van der Waals surface area contributed by atoms with Crippen molar-refractivity contribution < 1.29 is 13.9 Å². The van der Waals surface area contributed by atoms with Crippen molar-refractivity contribution in [2.24, 2.45) is 0 Å². The second kappa shape index (κ2) is 8.97. The van der Waals surface area contributed by atoms with Crippen molar-refractivity contribution in [1.82, 2.24) is 9.80 Å². The highest BCUT2D eigenvalue weighted by molar-refractivity contribution is 5.85. The van der Waals surface area contributed by atoms with Crippen LogP contribution in [0.4, 0.5) is 0 Å². The Labute approximate surface area is 149 Å². The van der Waals surface area contributed by atoms with E-state index in [0.29, 0.717) is 0 Å². The van der Waals surface area contributed by atoms with Crippen LogP contribution in [0.3, 0.4) is 0 Å². The van der Waals surface area contributed by atoms with Gasteiger partial charge in [-0.1, -0.05) is 0 Å². The summed E-state index contributed by atoms with van der Waals surface area (Å²) in [6.07, 6.45) is 1.74. The maximum atomic E-state index is 5.43. The monoisotopic (exact) mass is 352 g/mol. The highest BCUT2D eigenvalue weighted by Gasteiger charge is 2.18. The summed E-state index contributed by atoms with van der Waals surface area (Å²) in [5.74, 6) is 2.72. The van der Waals surface area contributed by atoms with Crippen molar-refractivity contribution in [1.29, 1.82) is 0 Å². The summed E-state index contributed by atoms with van der Waals surface area (Å²) < 4.78 is 16.1. The Kier molecular flexibility index (Phi) is 6.97. The summed E-state index contributed by atoms with van der Waals surface area (Å²) in [6.45, 7) is 6.04. The predicted molar refractivity (Wildman–Crippen MR) is 96.1 cm³/mol. The van der Waals surface area contributed by atoms with Crippen molar-refractivity contribution in [3.05, 3.63) is 47.9 Å². The molecule has 132 valence electrons. The third kappa shape index (κ3) is 4.90. The maximum absolute atomic E-state index is 5.43. The fraction of sp³-hybridized carbons (Fsp3) is 0.444. The number of hydrogen-bond acceptors (Lipinski definition) is 5. The van der Waals surface area contributed by atoms with E-state index in [1.165, 1.54) is 5.56 Å². The van der Waals surface area contributed by atoms with Crippen molar-refractivity contribution >= 4 is 12.4 Å². The van der Waals surface area contributed by atoms with Gasteiger partial charge in [0.2, 0.25) is 0 Å². The summed E-state index contributed by atoms with van der Waals surface area (Å²) in [5.41, 5.74) is 1.22. The van der Waals surface area contributed by atoms with Crippen molar-refractivity contribution in [2.75, 3.05) is 40.4 Å². The van der Waals surface area contributed by atoms with Crippen LogP contribution in [0.2, 0.25) is 0 Å². The Balaban J connectivity index is 0.00000208. The molecule has 0 radical (unpaired) electrons. The lowest BCUT2D eigenvalue weighted by molar-refractivity contribution is 0.116. The molecule has 1 fully saturated rings. The quantitative estimate of drug-likeness (QED) is 0.799. The normalized spacial score (nSPS) is 15.8. The number of piperazine rings is 1. The summed E-state index contributed by atoms with van der Waals surface area (Å²) >= 11 is 0. The molecule has 2 aromatic rings. The summed E-state index contributed by atoms with van der Waals surface area (Å²) in [7, 11) is 3.37. The largest absolute Gasteiger partial charge is 0.497 e. The summed E-state index contributed by atoms with van der Waals surface area (Å²) in [4.78, 5) is 4.90. The second-order valence-electron chi connectivity index (χ2n) is 5.85. The smallest absolute Gasteiger partial charge is 0.122 e. The first-order chi connectivity index (χ1) is 11.3. The number of halogens is 1. The number of hydrogen-bond donors (Lipinski definition) is 0. The number of methoxy groups -OCH3 is 2. The van der Waals surface area contributed by atoms with Gasteiger partial charge in [-0.15, -0.1) is 12.4 Å². The van der Waals surface area contributed by atoms with Crippen LogP contribution in [-0.2, 0) is 13.1 Å².